The van der Waals surface area contributed by atoms with Crippen LogP contribution in [0.4, 0.5) is 32.2 Å². The third kappa shape index (κ3) is 5.91. The van der Waals surface area contributed by atoms with Crippen LogP contribution in [0.2, 0.25) is 0 Å². The topological polar surface area (TPSA) is 59.5 Å². The maximum absolute atomic E-state index is 14.8. The molecule has 0 aliphatic heterocycles. The second-order valence-corrected chi connectivity index (χ2v) is 10.8. The molecule has 3 aromatic rings. The average molecular weight is 571 g/mol. The van der Waals surface area contributed by atoms with E-state index < -0.39 is 41.0 Å². The first-order chi connectivity index (χ1) is 18.5. The number of anilines is 1. The first kappa shape index (κ1) is 29.7. The largest absolute Gasteiger partial charge is 0.493 e. The number of methoxy groups -OCH3 is 1. The molecule has 218 valence electrons. The van der Waals surface area contributed by atoms with Crippen molar-refractivity contribution in [2.45, 2.75) is 57.9 Å². The molecular weight excluding hydrogens is 538 g/mol. The van der Waals surface area contributed by atoms with Gasteiger partial charge in [-0.3, -0.25) is 0 Å². The zero-order valence-corrected chi connectivity index (χ0v) is 23.1. The molecular formula is C28H32F6N4O2. The molecule has 1 aromatic heterocycles. The highest BCUT2D eigenvalue weighted by Crippen LogP contribution is 2.55. The maximum Gasteiger partial charge on any atom is 0.419 e. The van der Waals surface area contributed by atoms with Gasteiger partial charge in [-0.05, 0) is 47.0 Å². The van der Waals surface area contributed by atoms with Gasteiger partial charge in [0.05, 0.1) is 24.2 Å². The Morgan fingerprint density at radius 2 is 1.75 bits per heavy atom. The molecule has 1 saturated carbocycles. The molecule has 1 aliphatic carbocycles. The molecule has 4 rings (SSSR count). The molecule has 12 heteroatoms. The summed E-state index contributed by atoms with van der Waals surface area (Å²) >= 11 is 0. The second kappa shape index (κ2) is 10.6. The number of aromatic nitrogens is 2. The van der Waals surface area contributed by atoms with Crippen molar-refractivity contribution in [3.05, 3.63) is 53.1 Å². The molecule has 2 aromatic carbocycles. The number of aryl methyl sites for hydroxylation is 1. The van der Waals surface area contributed by atoms with Gasteiger partial charge in [0.2, 0.25) is 5.92 Å². The van der Waals surface area contributed by atoms with Crippen LogP contribution >= 0.6 is 0 Å². The number of fused-ring (bicyclic) bond motifs is 1. The fourth-order valence-corrected chi connectivity index (χ4v) is 5.45. The van der Waals surface area contributed by atoms with Crippen LogP contribution in [0.15, 0.2) is 30.3 Å². The SMILES string of the molecule is COc1cc2nc(C)nc(N[C@H](C)c3cccc(C(F)(F)F)c3F)c2cc1O[C@H](C)C1(CN(C)C)CC(F)(F)C1. The molecule has 1 heterocycles. The van der Waals surface area contributed by atoms with Gasteiger partial charge in [0.1, 0.15) is 23.6 Å². The summed E-state index contributed by atoms with van der Waals surface area (Å²) < 4.78 is 94.4. The van der Waals surface area contributed by atoms with E-state index in [0.29, 0.717) is 35.1 Å². The Bertz CT molecular complexity index is 1380. The van der Waals surface area contributed by atoms with Crippen molar-refractivity contribution in [1.29, 1.82) is 0 Å². The van der Waals surface area contributed by atoms with E-state index >= 15 is 0 Å². The van der Waals surface area contributed by atoms with Gasteiger partial charge in [-0.25, -0.2) is 23.1 Å². The van der Waals surface area contributed by atoms with Crippen molar-refractivity contribution in [1.82, 2.24) is 14.9 Å². The number of hydrogen-bond acceptors (Lipinski definition) is 6. The van der Waals surface area contributed by atoms with Crippen LogP contribution in [-0.2, 0) is 6.18 Å². The van der Waals surface area contributed by atoms with E-state index in [0.717, 1.165) is 6.07 Å². The monoisotopic (exact) mass is 570 g/mol. The van der Waals surface area contributed by atoms with Gasteiger partial charge < -0.3 is 19.7 Å². The summed E-state index contributed by atoms with van der Waals surface area (Å²) in [6.07, 6.45) is -6.08. The molecule has 0 saturated heterocycles. The molecule has 0 bridgehead atoms. The number of halogens is 6. The molecule has 1 N–H and O–H groups in total. The highest BCUT2D eigenvalue weighted by molar-refractivity contribution is 5.92. The van der Waals surface area contributed by atoms with Gasteiger partial charge >= 0.3 is 6.18 Å². The van der Waals surface area contributed by atoms with Crippen LogP contribution in [0.3, 0.4) is 0 Å². The van der Waals surface area contributed by atoms with Crippen molar-refractivity contribution in [3.8, 4) is 11.5 Å². The average Bonchev–Trinajstić information content (AvgIpc) is 2.81. The normalized spacial score (nSPS) is 17.8. The zero-order chi connectivity index (χ0) is 29.6. The summed E-state index contributed by atoms with van der Waals surface area (Å²) in [5, 5.41) is 3.45. The fourth-order valence-electron chi connectivity index (χ4n) is 5.45. The lowest BCUT2D eigenvalue weighted by Gasteiger charge is -2.51. The molecule has 0 radical (unpaired) electrons. The Kier molecular flexibility index (Phi) is 7.87. The molecule has 40 heavy (non-hydrogen) atoms. The Hall–Kier alpha value is -3.28. The summed E-state index contributed by atoms with van der Waals surface area (Å²) in [5.41, 5.74) is -1.88. The summed E-state index contributed by atoms with van der Waals surface area (Å²) in [6, 6.07) is 5.42. The van der Waals surface area contributed by atoms with E-state index in [9.17, 15) is 26.3 Å². The van der Waals surface area contributed by atoms with Crippen molar-refractivity contribution >= 4 is 16.7 Å². The van der Waals surface area contributed by atoms with E-state index in [2.05, 4.69) is 15.3 Å². The van der Waals surface area contributed by atoms with Crippen molar-refractivity contribution in [2.24, 2.45) is 5.41 Å². The molecule has 6 nitrogen and oxygen atoms in total. The standard InChI is InChI=1S/C28H32F6N4O2/c1-15(18-8-7-9-20(24(18)29)28(32,33)34)35-25-19-10-23(22(39-6)11-21(19)36-17(3)37-25)40-16(2)26(14-38(4)5)12-27(30,31)13-26/h7-11,15-16H,12-14H2,1-6H3,(H,35,36,37)/t15-,16-/m1/s1. The summed E-state index contributed by atoms with van der Waals surface area (Å²) in [5.74, 6) is -2.94. The van der Waals surface area contributed by atoms with Crippen LogP contribution in [0.25, 0.3) is 10.9 Å². The highest BCUT2D eigenvalue weighted by Gasteiger charge is 2.60. The fraction of sp³-hybridized carbons (Fsp3) is 0.500. The second-order valence-electron chi connectivity index (χ2n) is 10.8. The van der Waals surface area contributed by atoms with Gasteiger partial charge in [0.15, 0.2) is 11.5 Å². The summed E-state index contributed by atoms with van der Waals surface area (Å²) in [7, 11) is 5.07. The Morgan fingerprint density at radius 1 is 1.07 bits per heavy atom. The minimum Gasteiger partial charge on any atom is -0.493 e. The predicted octanol–water partition coefficient (Wildman–Crippen LogP) is 7.02. The van der Waals surface area contributed by atoms with Crippen molar-refractivity contribution in [2.75, 3.05) is 33.1 Å². The van der Waals surface area contributed by atoms with Crippen molar-refractivity contribution < 1.29 is 35.8 Å². The maximum atomic E-state index is 14.8. The lowest BCUT2D eigenvalue weighted by Crippen LogP contribution is -2.58. The van der Waals surface area contributed by atoms with Crippen LogP contribution in [-0.4, -0.2) is 54.6 Å². The third-order valence-electron chi connectivity index (χ3n) is 7.27. The van der Waals surface area contributed by atoms with Crippen LogP contribution < -0.4 is 14.8 Å². The predicted molar refractivity (Wildman–Crippen MR) is 140 cm³/mol. The van der Waals surface area contributed by atoms with Crippen molar-refractivity contribution in [3.63, 3.8) is 0 Å². The Labute approximate surface area is 228 Å². The van der Waals surface area contributed by atoms with E-state index in [1.54, 1.807) is 26.0 Å². The number of benzene rings is 2. The summed E-state index contributed by atoms with van der Waals surface area (Å²) in [6.45, 7) is 5.30. The first-order valence-electron chi connectivity index (χ1n) is 12.7. The lowest BCUT2D eigenvalue weighted by molar-refractivity contribution is -0.196. The van der Waals surface area contributed by atoms with Gasteiger partial charge in [-0.15, -0.1) is 0 Å². The number of ether oxygens (including phenoxy) is 2. The smallest absolute Gasteiger partial charge is 0.419 e. The van der Waals surface area contributed by atoms with E-state index in [1.807, 2.05) is 19.0 Å². The van der Waals surface area contributed by atoms with E-state index in [4.69, 9.17) is 9.47 Å². The number of nitrogens with zero attached hydrogens (tertiary/aromatic N) is 3. The Morgan fingerprint density at radius 3 is 2.33 bits per heavy atom. The minimum atomic E-state index is -4.84. The number of hydrogen-bond donors (Lipinski definition) is 1. The molecule has 0 amide bonds. The number of rotatable bonds is 9. The van der Waals surface area contributed by atoms with E-state index in [1.165, 1.54) is 20.1 Å². The summed E-state index contributed by atoms with van der Waals surface area (Å²) in [4.78, 5) is 10.7. The minimum absolute atomic E-state index is 0.186. The first-order valence-corrected chi connectivity index (χ1v) is 12.7. The van der Waals surface area contributed by atoms with Gasteiger partial charge in [-0.1, -0.05) is 12.1 Å². The Balaban J connectivity index is 1.71. The molecule has 0 spiro atoms. The van der Waals surface area contributed by atoms with Crippen LogP contribution in [0.5, 0.6) is 11.5 Å². The molecule has 2 atom stereocenters. The third-order valence-corrected chi connectivity index (χ3v) is 7.27. The number of nitrogens with one attached hydrogen (secondary N) is 1. The lowest BCUT2D eigenvalue weighted by atomic mass is 9.62. The molecule has 0 unspecified atom stereocenters. The zero-order valence-electron chi connectivity index (χ0n) is 23.1. The quantitative estimate of drug-likeness (QED) is 0.279. The molecule has 1 fully saturated rings. The highest BCUT2D eigenvalue weighted by atomic mass is 19.4. The van der Waals surface area contributed by atoms with E-state index in [-0.39, 0.29) is 30.0 Å². The van der Waals surface area contributed by atoms with Gasteiger partial charge in [-0.2, -0.15) is 13.2 Å². The van der Waals surface area contributed by atoms with Gasteiger partial charge in [0, 0.05) is 41.8 Å². The van der Waals surface area contributed by atoms with Crippen LogP contribution in [0.1, 0.15) is 49.7 Å². The van der Waals surface area contributed by atoms with Gasteiger partial charge in [0.25, 0.3) is 0 Å². The molecule has 1 aliphatic rings. The number of alkyl halides is 5. The van der Waals surface area contributed by atoms with Crippen LogP contribution in [0, 0.1) is 18.2 Å².